The lowest BCUT2D eigenvalue weighted by Crippen LogP contribution is -2.47. The number of carbonyl (C=O) groups excluding carboxylic acids is 1. The summed E-state index contributed by atoms with van der Waals surface area (Å²) in [6.07, 6.45) is 8.36. The number of hydrogen-bond acceptors (Lipinski definition) is 4. The number of rotatable bonds is 6. The van der Waals surface area contributed by atoms with E-state index in [1.165, 1.54) is 22.5 Å². The van der Waals surface area contributed by atoms with Crippen molar-refractivity contribution >= 4 is 27.5 Å². The van der Waals surface area contributed by atoms with Gasteiger partial charge in [-0.25, -0.2) is 4.98 Å². The Morgan fingerprint density at radius 1 is 1.21 bits per heavy atom. The van der Waals surface area contributed by atoms with Crippen molar-refractivity contribution in [2.24, 2.45) is 0 Å². The van der Waals surface area contributed by atoms with Crippen LogP contribution in [0.2, 0.25) is 0 Å². The summed E-state index contributed by atoms with van der Waals surface area (Å²) in [6, 6.07) is 9.93. The van der Waals surface area contributed by atoms with Gasteiger partial charge < -0.3 is 10.6 Å². The van der Waals surface area contributed by atoms with Gasteiger partial charge in [0.25, 0.3) is 0 Å². The molecule has 3 heterocycles. The van der Waals surface area contributed by atoms with Crippen molar-refractivity contribution in [3.8, 4) is 0 Å². The van der Waals surface area contributed by atoms with Gasteiger partial charge in [-0.15, -0.1) is 11.3 Å². The van der Waals surface area contributed by atoms with Crippen LogP contribution in [0.15, 0.2) is 24.3 Å². The molecule has 0 saturated carbocycles. The summed E-state index contributed by atoms with van der Waals surface area (Å²) in [5.74, 6) is 0.227. The smallest absolute Gasteiger partial charge is 0.220 e. The minimum atomic E-state index is 0.227. The molecule has 2 atom stereocenters. The van der Waals surface area contributed by atoms with Gasteiger partial charge in [0, 0.05) is 24.5 Å². The van der Waals surface area contributed by atoms with E-state index in [-0.39, 0.29) is 5.91 Å². The van der Waals surface area contributed by atoms with Gasteiger partial charge in [0.1, 0.15) is 0 Å². The van der Waals surface area contributed by atoms with Crippen LogP contribution in [0.1, 0.15) is 50.0 Å². The van der Waals surface area contributed by atoms with E-state index in [4.69, 9.17) is 0 Å². The van der Waals surface area contributed by atoms with Crippen molar-refractivity contribution in [3.63, 3.8) is 0 Å². The summed E-state index contributed by atoms with van der Waals surface area (Å²) < 4.78 is 1.26. The number of hydrogen-bond donors (Lipinski definition) is 2. The number of amides is 1. The Bertz CT molecular complexity index is 668. The van der Waals surface area contributed by atoms with Gasteiger partial charge >= 0.3 is 0 Å². The van der Waals surface area contributed by atoms with Crippen molar-refractivity contribution in [3.05, 3.63) is 29.3 Å². The third-order valence-corrected chi connectivity index (χ3v) is 6.32. The van der Waals surface area contributed by atoms with Gasteiger partial charge in [-0.3, -0.25) is 4.79 Å². The number of piperidine rings is 1. The van der Waals surface area contributed by atoms with E-state index in [1.807, 2.05) is 6.07 Å². The number of fused-ring (bicyclic) bond motifs is 3. The highest BCUT2D eigenvalue weighted by atomic mass is 32.1. The molecular weight excluding hydrogens is 318 g/mol. The lowest BCUT2D eigenvalue weighted by molar-refractivity contribution is -0.122. The van der Waals surface area contributed by atoms with Gasteiger partial charge in [0.2, 0.25) is 5.91 Å². The van der Waals surface area contributed by atoms with Crippen molar-refractivity contribution < 1.29 is 4.79 Å². The molecule has 1 aromatic carbocycles. The topological polar surface area (TPSA) is 54.0 Å². The number of carbonyl (C=O) groups is 1. The van der Waals surface area contributed by atoms with Crippen LogP contribution in [0.4, 0.5) is 0 Å². The lowest BCUT2D eigenvalue weighted by atomic mass is 9.99. The van der Waals surface area contributed by atoms with Crippen LogP contribution in [0.25, 0.3) is 10.2 Å². The first kappa shape index (κ1) is 16.0. The van der Waals surface area contributed by atoms with Crippen molar-refractivity contribution in [2.75, 3.05) is 0 Å². The molecule has 0 aliphatic carbocycles. The molecule has 0 radical (unpaired) electrons. The van der Waals surface area contributed by atoms with E-state index >= 15 is 0 Å². The van der Waals surface area contributed by atoms with E-state index in [2.05, 4.69) is 33.8 Å². The Labute approximate surface area is 147 Å². The maximum atomic E-state index is 12.2. The quantitative estimate of drug-likeness (QED) is 0.790. The summed E-state index contributed by atoms with van der Waals surface area (Å²) in [5, 5.41) is 8.05. The van der Waals surface area contributed by atoms with Crippen LogP contribution in [0.5, 0.6) is 0 Å². The third-order valence-electron chi connectivity index (χ3n) is 5.22. The summed E-state index contributed by atoms with van der Waals surface area (Å²) in [7, 11) is 0. The number of unbranched alkanes of at least 4 members (excludes halogenated alkanes) is 1. The molecule has 0 spiro atoms. The molecule has 4 rings (SSSR count). The Morgan fingerprint density at radius 3 is 2.79 bits per heavy atom. The molecule has 5 heteroatoms. The van der Waals surface area contributed by atoms with Crippen LogP contribution in [-0.2, 0) is 11.2 Å². The fourth-order valence-corrected chi connectivity index (χ4v) is 5.07. The number of para-hydroxylation sites is 1. The van der Waals surface area contributed by atoms with E-state index < -0.39 is 0 Å². The van der Waals surface area contributed by atoms with Crippen molar-refractivity contribution in [1.82, 2.24) is 15.6 Å². The molecule has 2 N–H and O–H groups in total. The van der Waals surface area contributed by atoms with Crippen LogP contribution >= 0.6 is 11.3 Å². The summed E-state index contributed by atoms with van der Waals surface area (Å²) >= 11 is 1.77. The number of thiazole rings is 1. The predicted molar refractivity (Wildman–Crippen MR) is 98.3 cm³/mol. The molecule has 2 fully saturated rings. The maximum Gasteiger partial charge on any atom is 0.220 e. The lowest BCUT2D eigenvalue weighted by Gasteiger charge is -2.29. The standard InChI is InChI=1S/C19H25N3OS/c23-18(21-15-11-13-9-10-14(12-15)20-13)7-3-4-8-19-22-16-5-1-2-6-17(16)24-19/h1-2,5-6,13-15,20H,3-4,7-12H2,(H,21,23). The zero-order chi connectivity index (χ0) is 16.4. The molecule has 128 valence electrons. The molecule has 2 saturated heterocycles. The predicted octanol–water partition coefficient (Wildman–Crippen LogP) is 3.41. The van der Waals surface area contributed by atoms with Crippen LogP contribution in [-0.4, -0.2) is 29.0 Å². The van der Waals surface area contributed by atoms with Gasteiger partial charge in [0.05, 0.1) is 15.2 Å². The number of nitrogens with one attached hydrogen (secondary N) is 2. The Hall–Kier alpha value is -1.46. The number of aromatic nitrogens is 1. The molecule has 4 nitrogen and oxygen atoms in total. The second-order valence-corrected chi connectivity index (χ2v) is 8.27. The van der Waals surface area contributed by atoms with Gasteiger partial charge in [-0.2, -0.15) is 0 Å². The normalized spacial score (nSPS) is 25.9. The van der Waals surface area contributed by atoms with E-state index in [0.717, 1.165) is 37.6 Å². The largest absolute Gasteiger partial charge is 0.353 e. The zero-order valence-corrected chi connectivity index (χ0v) is 14.8. The number of benzene rings is 1. The minimum Gasteiger partial charge on any atom is -0.353 e. The molecule has 2 aliphatic rings. The summed E-state index contributed by atoms with van der Waals surface area (Å²) in [5.41, 5.74) is 1.09. The zero-order valence-electron chi connectivity index (χ0n) is 14.0. The van der Waals surface area contributed by atoms with E-state index in [1.54, 1.807) is 11.3 Å². The van der Waals surface area contributed by atoms with Gasteiger partial charge in [-0.1, -0.05) is 12.1 Å². The second-order valence-electron chi connectivity index (χ2n) is 7.16. The molecular formula is C19H25N3OS. The Kier molecular flexibility index (Phi) is 4.81. The first-order valence-corrected chi connectivity index (χ1v) is 9.98. The molecule has 2 aromatic rings. The third kappa shape index (κ3) is 3.78. The highest BCUT2D eigenvalue weighted by Gasteiger charge is 2.33. The summed E-state index contributed by atoms with van der Waals surface area (Å²) in [4.78, 5) is 16.8. The van der Waals surface area contributed by atoms with Crippen LogP contribution < -0.4 is 10.6 Å². The van der Waals surface area contributed by atoms with E-state index in [0.29, 0.717) is 24.5 Å². The monoisotopic (exact) mass is 343 g/mol. The highest BCUT2D eigenvalue weighted by Crippen LogP contribution is 2.27. The van der Waals surface area contributed by atoms with E-state index in [9.17, 15) is 4.79 Å². The average Bonchev–Trinajstić information content (AvgIpc) is 3.14. The minimum absolute atomic E-state index is 0.227. The average molecular weight is 343 g/mol. The fourth-order valence-electron chi connectivity index (χ4n) is 4.06. The molecule has 2 unspecified atom stereocenters. The fraction of sp³-hybridized carbons (Fsp3) is 0.579. The van der Waals surface area contributed by atoms with Crippen molar-refractivity contribution in [1.29, 1.82) is 0 Å². The molecule has 1 amide bonds. The second kappa shape index (κ2) is 7.19. The summed E-state index contributed by atoms with van der Waals surface area (Å²) in [6.45, 7) is 0. The number of nitrogens with zero attached hydrogens (tertiary/aromatic N) is 1. The first-order chi connectivity index (χ1) is 11.8. The molecule has 24 heavy (non-hydrogen) atoms. The molecule has 2 bridgehead atoms. The number of aryl methyl sites for hydroxylation is 1. The molecule has 1 aromatic heterocycles. The van der Waals surface area contributed by atoms with Gasteiger partial charge in [-0.05, 0) is 57.1 Å². The van der Waals surface area contributed by atoms with Gasteiger partial charge in [0.15, 0.2) is 0 Å². The Balaban J connectivity index is 1.18. The van der Waals surface area contributed by atoms with Crippen LogP contribution in [0, 0.1) is 0 Å². The SMILES string of the molecule is O=C(CCCCc1nc2ccccc2s1)NC1CC2CCC(C1)N2. The highest BCUT2D eigenvalue weighted by molar-refractivity contribution is 7.18. The first-order valence-electron chi connectivity index (χ1n) is 9.16. The molecule has 2 aliphatic heterocycles. The van der Waals surface area contributed by atoms with Crippen molar-refractivity contribution in [2.45, 2.75) is 69.5 Å². The Morgan fingerprint density at radius 2 is 2.00 bits per heavy atom. The maximum absolute atomic E-state index is 12.2. The van der Waals surface area contributed by atoms with Crippen LogP contribution in [0.3, 0.4) is 0 Å².